The Morgan fingerprint density at radius 2 is 1.85 bits per heavy atom. The average Bonchev–Trinajstić information content (AvgIpc) is 3.00. The molecule has 3 N–H and O–H groups in total. The second-order valence-electron chi connectivity index (χ2n) is 8.13. The van der Waals surface area contributed by atoms with Crippen LogP contribution in [0.15, 0.2) is 30.3 Å². The van der Waals surface area contributed by atoms with Crippen molar-refractivity contribution >= 4 is 5.78 Å². The molecule has 0 unspecified atom stereocenters. The van der Waals surface area contributed by atoms with Gasteiger partial charge in [0.05, 0.1) is 12.3 Å². The third kappa shape index (κ3) is 6.05. The number of unbranched alkanes of at least 4 members (excludes halogenated alkanes) is 1. The van der Waals surface area contributed by atoms with Gasteiger partial charge in [-0.3, -0.25) is 4.79 Å². The maximum absolute atomic E-state index is 12.6. The zero-order chi connectivity index (χ0) is 20.0. The normalized spacial score (nSPS) is 13.6. The highest BCUT2D eigenvalue weighted by Crippen LogP contribution is 2.17. The topological polar surface area (TPSA) is 68.2 Å². The Hall–Kier alpha value is -1.91. The Kier molecular flexibility index (Phi) is 7.40. The van der Waals surface area contributed by atoms with Crippen LogP contribution in [0.25, 0.3) is 0 Å². The summed E-state index contributed by atoms with van der Waals surface area (Å²) in [5.41, 5.74) is 11.3. The number of rotatable bonds is 10. The lowest BCUT2D eigenvalue weighted by Crippen LogP contribution is -2.40. The van der Waals surface area contributed by atoms with Gasteiger partial charge in [0.2, 0.25) is 0 Å². The molecule has 0 fully saturated rings. The summed E-state index contributed by atoms with van der Waals surface area (Å²) in [7, 11) is 1.93. The van der Waals surface area contributed by atoms with Crippen molar-refractivity contribution in [3.8, 4) is 0 Å². The van der Waals surface area contributed by atoms with E-state index in [1.807, 2.05) is 30.7 Å². The standard InChI is InChI=1S/C23H34N2O2/c1-17-9-10-19(15-18(17)2)7-5-6-8-22(27)21-12-11-20(25(21)4)13-14-23(3,24)16-26/h9-12,15,26H,5-8,13-14,16,24H2,1-4H3/t23-/m1/s1. The first-order chi connectivity index (χ1) is 12.7. The first-order valence-electron chi connectivity index (χ1n) is 9.87. The van der Waals surface area contributed by atoms with E-state index < -0.39 is 5.54 Å². The number of aryl methyl sites for hydroxylation is 4. The molecule has 0 spiro atoms. The van der Waals surface area contributed by atoms with Crippen molar-refractivity contribution < 1.29 is 9.90 Å². The van der Waals surface area contributed by atoms with Crippen molar-refractivity contribution in [1.82, 2.24) is 4.57 Å². The van der Waals surface area contributed by atoms with Crippen LogP contribution in [-0.2, 0) is 19.9 Å². The van der Waals surface area contributed by atoms with E-state index in [0.29, 0.717) is 12.8 Å². The molecule has 0 aliphatic rings. The van der Waals surface area contributed by atoms with Crippen molar-refractivity contribution in [1.29, 1.82) is 0 Å². The Balaban J connectivity index is 1.83. The summed E-state index contributed by atoms with van der Waals surface area (Å²) in [6.07, 6.45) is 4.96. The summed E-state index contributed by atoms with van der Waals surface area (Å²) < 4.78 is 1.97. The number of aliphatic hydroxyl groups is 1. The van der Waals surface area contributed by atoms with E-state index in [-0.39, 0.29) is 12.4 Å². The second-order valence-corrected chi connectivity index (χ2v) is 8.13. The number of aromatic nitrogens is 1. The van der Waals surface area contributed by atoms with E-state index in [1.54, 1.807) is 0 Å². The number of Topliss-reactive ketones (excluding diaryl/α,β-unsaturated/α-hetero) is 1. The molecule has 1 heterocycles. The fraction of sp³-hybridized carbons (Fsp3) is 0.522. The van der Waals surface area contributed by atoms with Crippen LogP contribution < -0.4 is 5.73 Å². The predicted molar refractivity (Wildman–Crippen MR) is 111 cm³/mol. The van der Waals surface area contributed by atoms with Crippen LogP contribution in [0.2, 0.25) is 0 Å². The summed E-state index contributed by atoms with van der Waals surface area (Å²) in [5, 5.41) is 9.28. The molecule has 0 saturated carbocycles. The van der Waals surface area contributed by atoms with Crippen LogP contribution in [0.3, 0.4) is 0 Å². The van der Waals surface area contributed by atoms with Gasteiger partial charge in [-0.05, 0) is 81.7 Å². The number of aliphatic hydroxyl groups excluding tert-OH is 1. The highest BCUT2D eigenvalue weighted by Gasteiger charge is 2.19. The summed E-state index contributed by atoms with van der Waals surface area (Å²) >= 11 is 0. The minimum absolute atomic E-state index is 0.0380. The number of nitrogens with zero attached hydrogens (tertiary/aromatic N) is 1. The maximum Gasteiger partial charge on any atom is 0.179 e. The number of nitrogens with two attached hydrogens (primary N) is 1. The molecule has 0 saturated heterocycles. The summed E-state index contributed by atoms with van der Waals surface area (Å²) in [4.78, 5) is 12.6. The Morgan fingerprint density at radius 1 is 1.11 bits per heavy atom. The molecule has 0 bridgehead atoms. The van der Waals surface area contributed by atoms with Gasteiger partial charge < -0.3 is 15.4 Å². The monoisotopic (exact) mass is 370 g/mol. The summed E-state index contributed by atoms with van der Waals surface area (Å²) in [6.45, 7) is 6.08. The molecule has 27 heavy (non-hydrogen) atoms. The zero-order valence-corrected chi connectivity index (χ0v) is 17.2. The Bertz CT molecular complexity index is 775. The lowest BCUT2D eigenvalue weighted by molar-refractivity contribution is 0.0971. The molecule has 2 aromatic rings. The molecule has 4 heteroatoms. The quantitative estimate of drug-likeness (QED) is 0.493. The molecule has 0 radical (unpaired) electrons. The van der Waals surface area contributed by atoms with Gasteiger partial charge in [0, 0.05) is 24.7 Å². The average molecular weight is 371 g/mol. The molecule has 2 rings (SSSR count). The molecule has 1 atom stereocenters. The molecule has 0 amide bonds. The number of ketones is 1. The van der Waals surface area contributed by atoms with Crippen molar-refractivity contribution in [3.63, 3.8) is 0 Å². The molecule has 4 nitrogen and oxygen atoms in total. The SMILES string of the molecule is Cc1ccc(CCCCC(=O)c2ccc(CC[C@@](C)(N)CO)n2C)cc1C. The van der Waals surface area contributed by atoms with Gasteiger partial charge in [-0.2, -0.15) is 0 Å². The van der Waals surface area contributed by atoms with Crippen molar-refractivity contribution in [3.05, 3.63) is 58.4 Å². The largest absolute Gasteiger partial charge is 0.394 e. The highest BCUT2D eigenvalue weighted by atomic mass is 16.3. The van der Waals surface area contributed by atoms with Crippen LogP contribution in [0.5, 0.6) is 0 Å². The molecule has 148 valence electrons. The summed E-state index contributed by atoms with van der Waals surface area (Å²) in [6, 6.07) is 10.5. The first-order valence-corrected chi connectivity index (χ1v) is 9.87. The number of hydrogen-bond donors (Lipinski definition) is 2. The molecule has 0 aliphatic carbocycles. The van der Waals surface area contributed by atoms with Gasteiger partial charge in [0.25, 0.3) is 0 Å². The smallest absolute Gasteiger partial charge is 0.179 e. The molecule has 1 aromatic heterocycles. The van der Waals surface area contributed by atoms with Gasteiger partial charge in [-0.15, -0.1) is 0 Å². The number of carbonyl (C=O) groups excluding carboxylic acids is 1. The van der Waals surface area contributed by atoms with Crippen LogP contribution >= 0.6 is 0 Å². The third-order valence-electron chi connectivity index (χ3n) is 5.52. The Labute approximate surface area is 163 Å². The molecule has 1 aromatic carbocycles. The third-order valence-corrected chi connectivity index (χ3v) is 5.52. The second kappa shape index (κ2) is 9.34. The first kappa shape index (κ1) is 21.4. The van der Waals surface area contributed by atoms with E-state index in [9.17, 15) is 9.90 Å². The lowest BCUT2D eigenvalue weighted by atomic mass is 9.97. The number of benzene rings is 1. The number of carbonyl (C=O) groups is 1. The molecule has 0 aliphatic heterocycles. The van der Waals surface area contributed by atoms with Crippen LogP contribution in [0.4, 0.5) is 0 Å². The van der Waals surface area contributed by atoms with E-state index in [4.69, 9.17) is 5.73 Å². The number of hydrogen-bond acceptors (Lipinski definition) is 3. The fourth-order valence-electron chi connectivity index (χ4n) is 3.28. The van der Waals surface area contributed by atoms with Gasteiger partial charge in [-0.1, -0.05) is 18.2 Å². The highest BCUT2D eigenvalue weighted by molar-refractivity contribution is 5.94. The zero-order valence-electron chi connectivity index (χ0n) is 17.2. The van der Waals surface area contributed by atoms with E-state index in [1.165, 1.54) is 16.7 Å². The van der Waals surface area contributed by atoms with Gasteiger partial charge >= 0.3 is 0 Å². The molecular formula is C23H34N2O2. The Morgan fingerprint density at radius 3 is 2.52 bits per heavy atom. The van der Waals surface area contributed by atoms with Crippen LogP contribution in [-0.4, -0.2) is 27.6 Å². The predicted octanol–water partition coefficient (Wildman–Crippen LogP) is 3.88. The van der Waals surface area contributed by atoms with Crippen LogP contribution in [0, 0.1) is 13.8 Å². The fourth-order valence-corrected chi connectivity index (χ4v) is 3.28. The van der Waals surface area contributed by atoms with Crippen molar-refractivity contribution in [2.45, 2.75) is 64.8 Å². The minimum atomic E-state index is -0.581. The summed E-state index contributed by atoms with van der Waals surface area (Å²) in [5.74, 6) is 0.196. The van der Waals surface area contributed by atoms with Gasteiger partial charge in [0.15, 0.2) is 5.78 Å². The van der Waals surface area contributed by atoms with Crippen LogP contribution in [0.1, 0.15) is 65.5 Å². The molecular weight excluding hydrogens is 336 g/mol. The van der Waals surface area contributed by atoms with Crippen molar-refractivity contribution in [2.75, 3.05) is 6.61 Å². The van der Waals surface area contributed by atoms with Crippen molar-refractivity contribution in [2.24, 2.45) is 12.8 Å². The van der Waals surface area contributed by atoms with Gasteiger partial charge in [-0.25, -0.2) is 0 Å². The van der Waals surface area contributed by atoms with E-state index in [0.717, 1.165) is 37.1 Å². The maximum atomic E-state index is 12.6. The van der Waals surface area contributed by atoms with E-state index in [2.05, 4.69) is 32.0 Å². The van der Waals surface area contributed by atoms with Gasteiger partial charge in [0.1, 0.15) is 0 Å². The van der Waals surface area contributed by atoms with E-state index >= 15 is 0 Å². The lowest BCUT2D eigenvalue weighted by Gasteiger charge is -2.21. The minimum Gasteiger partial charge on any atom is -0.394 e.